The summed E-state index contributed by atoms with van der Waals surface area (Å²) >= 11 is 0. The molecule has 7 nitrogen and oxygen atoms in total. The minimum atomic E-state index is -4.62. The van der Waals surface area contributed by atoms with Crippen molar-refractivity contribution in [3.05, 3.63) is 23.9 Å². The van der Waals surface area contributed by atoms with Crippen LogP contribution in [0.25, 0.3) is 11.3 Å². The summed E-state index contributed by atoms with van der Waals surface area (Å²) in [5.74, 6) is -0.407. The van der Waals surface area contributed by atoms with Crippen LogP contribution in [-0.2, 0) is 10.9 Å². The van der Waals surface area contributed by atoms with Crippen molar-refractivity contribution in [2.75, 3.05) is 49.8 Å². The molecule has 0 amide bonds. The van der Waals surface area contributed by atoms with Crippen molar-refractivity contribution in [1.82, 2.24) is 9.97 Å². The Morgan fingerprint density at radius 3 is 2.42 bits per heavy atom. The molecule has 10 heteroatoms. The van der Waals surface area contributed by atoms with E-state index in [0.717, 1.165) is 31.7 Å². The quantitative estimate of drug-likeness (QED) is 0.549. The molecule has 182 valence electrons. The highest BCUT2D eigenvalue weighted by atomic mass is 19.4. The SMILES string of the molecule is CCOCC1(CN(C)c2cc(-c3cnc(OCC)c(C(F)(F)F)c3)nc(N)c2N)CCCC1. The lowest BCUT2D eigenvalue weighted by Crippen LogP contribution is -2.37. The van der Waals surface area contributed by atoms with E-state index in [2.05, 4.69) is 9.97 Å². The Balaban J connectivity index is 1.98. The van der Waals surface area contributed by atoms with Crippen LogP contribution in [0.3, 0.4) is 0 Å². The highest BCUT2D eigenvalue weighted by molar-refractivity contribution is 5.82. The van der Waals surface area contributed by atoms with E-state index in [9.17, 15) is 13.2 Å². The highest BCUT2D eigenvalue weighted by Gasteiger charge is 2.37. The summed E-state index contributed by atoms with van der Waals surface area (Å²) in [4.78, 5) is 10.1. The normalized spacial score (nSPS) is 15.6. The Hall–Kier alpha value is -2.75. The number of nitrogens with zero attached hydrogens (tertiary/aromatic N) is 3. The summed E-state index contributed by atoms with van der Waals surface area (Å²) in [7, 11) is 1.90. The van der Waals surface area contributed by atoms with Crippen molar-refractivity contribution in [2.24, 2.45) is 5.41 Å². The molecule has 33 heavy (non-hydrogen) atoms. The first kappa shape index (κ1) is 24.9. The van der Waals surface area contributed by atoms with Crippen LogP contribution in [0.1, 0.15) is 45.1 Å². The number of ether oxygens (including phenoxy) is 2. The van der Waals surface area contributed by atoms with Crippen LogP contribution >= 0.6 is 0 Å². The first-order valence-electron chi connectivity index (χ1n) is 11.2. The third kappa shape index (κ3) is 5.61. The number of nitrogen functional groups attached to an aromatic ring is 2. The van der Waals surface area contributed by atoms with Gasteiger partial charge in [0.15, 0.2) is 0 Å². The van der Waals surface area contributed by atoms with E-state index in [1.165, 1.54) is 6.20 Å². The maximum Gasteiger partial charge on any atom is 0.421 e. The number of anilines is 3. The van der Waals surface area contributed by atoms with Crippen LogP contribution < -0.4 is 21.1 Å². The minimum absolute atomic E-state index is 0.000452. The van der Waals surface area contributed by atoms with Crippen LogP contribution in [-0.4, -0.2) is 43.4 Å². The van der Waals surface area contributed by atoms with Gasteiger partial charge in [-0.1, -0.05) is 12.8 Å². The van der Waals surface area contributed by atoms with Crippen molar-refractivity contribution >= 4 is 17.2 Å². The fourth-order valence-electron chi connectivity index (χ4n) is 4.45. The Morgan fingerprint density at radius 1 is 1.12 bits per heavy atom. The number of aromatic nitrogens is 2. The summed E-state index contributed by atoms with van der Waals surface area (Å²) in [5.41, 5.74) is 12.7. The van der Waals surface area contributed by atoms with E-state index < -0.39 is 17.6 Å². The largest absolute Gasteiger partial charge is 0.478 e. The maximum atomic E-state index is 13.6. The smallest absolute Gasteiger partial charge is 0.421 e. The van der Waals surface area contributed by atoms with Crippen molar-refractivity contribution in [2.45, 2.75) is 45.7 Å². The molecule has 1 aliphatic carbocycles. The number of hydrogen-bond acceptors (Lipinski definition) is 7. The van der Waals surface area contributed by atoms with Crippen molar-refractivity contribution < 1.29 is 22.6 Å². The topological polar surface area (TPSA) is 99.5 Å². The second-order valence-electron chi connectivity index (χ2n) is 8.53. The first-order chi connectivity index (χ1) is 15.6. The third-order valence-electron chi connectivity index (χ3n) is 6.06. The summed E-state index contributed by atoms with van der Waals surface area (Å²) in [6, 6.07) is 2.64. The number of pyridine rings is 2. The van der Waals surface area contributed by atoms with Gasteiger partial charge in [-0.2, -0.15) is 13.2 Å². The lowest BCUT2D eigenvalue weighted by Gasteiger charge is -2.35. The highest BCUT2D eigenvalue weighted by Crippen LogP contribution is 2.42. The number of rotatable bonds is 9. The zero-order valence-corrected chi connectivity index (χ0v) is 19.3. The molecular formula is C23H32F3N5O2. The molecule has 0 aliphatic heterocycles. The summed E-state index contributed by atoms with van der Waals surface area (Å²) in [6.45, 7) is 5.63. The Bertz CT molecular complexity index is 962. The van der Waals surface area contributed by atoms with E-state index in [-0.39, 0.29) is 29.1 Å². The predicted molar refractivity (Wildman–Crippen MR) is 123 cm³/mol. The van der Waals surface area contributed by atoms with Gasteiger partial charge < -0.3 is 25.8 Å². The number of nitrogens with two attached hydrogens (primary N) is 2. The standard InChI is InChI=1S/C23H32F3N5O2/c1-4-32-14-22(8-6-7-9-22)13-31(3)18-11-17(30-20(28)19(18)27)15-10-16(23(24,25)26)21(29-12-15)33-5-2/h10-12H,4-9,13-14,27H2,1-3H3,(H2,28,30). The van der Waals surface area contributed by atoms with Crippen molar-refractivity contribution in [1.29, 1.82) is 0 Å². The molecule has 0 bridgehead atoms. The molecule has 2 heterocycles. The van der Waals surface area contributed by atoms with Crippen LogP contribution in [0, 0.1) is 5.41 Å². The van der Waals surface area contributed by atoms with Crippen LogP contribution in [0.2, 0.25) is 0 Å². The molecule has 1 saturated carbocycles. The lowest BCUT2D eigenvalue weighted by atomic mass is 9.86. The van der Waals surface area contributed by atoms with Gasteiger partial charge in [0.05, 0.1) is 30.3 Å². The van der Waals surface area contributed by atoms with E-state index in [1.807, 2.05) is 18.9 Å². The number of alkyl halides is 3. The van der Waals surface area contributed by atoms with E-state index in [0.29, 0.717) is 31.1 Å². The summed E-state index contributed by atoms with van der Waals surface area (Å²) in [5, 5.41) is 0. The molecule has 0 unspecified atom stereocenters. The van der Waals surface area contributed by atoms with Gasteiger partial charge in [0, 0.05) is 37.4 Å². The van der Waals surface area contributed by atoms with Crippen molar-refractivity contribution in [3.63, 3.8) is 0 Å². The van der Waals surface area contributed by atoms with Gasteiger partial charge in [0.2, 0.25) is 5.88 Å². The molecule has 4 N–H and O–H groups in total. The minimum Gasteiger partial charge on any atom is -0.478 e. The predicted octanol–water partition coefficient (Wildman–Crippen LogP) is 4.76. The van der Waals surface area contributed by atoms with E-state index >= 15 is 0 Å². The van der Waals surface area contributed by atoms with Crippen LogP contribution in [0.5, 0.6) is 5.88 Å². The molecule has 0 saturated heterocycles. The number of halogens is 3. The molecule has 1 aliphatic rings. The van der Waals surface area contributed by atoms with E-state index in [4.69, 9.17) is 20.9 Å². The fourth-order valence-corrected chi connectivity index (χ4v) is 4.45. The average Bonchev–Trinajstić information content (AvgIpc) is 3.22. The van der Waals surface area contributed by atoms with Gasteiger partial charge in [-0.05, 0) is 38.8 Å². The van der Waals surface area contributed by atoms with Gasteiger partial charge in [0.1, 0.15) is 11.4 Å². The van der Waals surface area contributed by atoms with E-state index in [1.54, 1.807) is 13.0 Å². The van der Waals surface area contributed by atoms with Gasteiger partial charge in [-0.15, -0.1) is 0 Å². The van der Waals surface area contributed by atoms with Gasteiger partial charge >= 0.3 is 6.18 Å². The molecule has 0 aromatic carbocycles. The number of hydrogen-bond donors (Lipinski definition) is 2. The Kier molecular flexibility index (Phi) is 7.56. The molecule has 0 spiro atoms. The molecular weight excluding hydrogens is 435 g/mol. The summed E-state index contributed by atoms with van der Waals surface area (Å²) in [6.07, 6.45) is 1.04. The second-order valence-corrected chi connectivity index (χ2v) is 8.53. The summed E-state index contributed by atoms with van der Waals surface area (Å²) < 4.78 is 51.6. The maximum absolute atomic E-state index is 13.6. The second kappa shape index (κ2) is 10.0. The monoisotopic (exact) mass is 467 g/mol. The Labute approximate surface area is 192 Å². The zero-order valence-electron chi connectivity index (χ0n) is 19.3. The molecule has 2 aromatic heterocycles. The average molecular weight is 468 g/mol. The Morgan fingerprint density at radius 2 is 1.82 bits per heavy atom. The first-order valence-corrected chi connectivity index (χ1v) is 11.2. The molecule has 2 aromatic rings. The van der Waals surface area contributed by atoms with Crippen LogP contribution in [0.15, 0.2) is 18.3 Å². The molecule has 1 fully saturated rings. The molecule has 0 atom stereocenters. The van der Waals surface area contributed by atoms with Crippen LogP contribution in [0.4, 0.5) is 30.4 Å². The molecule has 3 rings (SSSR count). The third-order valence-corrected chi connectivity index (χ3v) is 6.06. The molecule has 0 radical (unpaired) electrons. The van der Waals surface area contributed by atoms with Gasteiger partial charge in [0.25, 0.3) is 0 Å². The van der Waals surface area contributed by atoms with Gasteiger partial charge in [-0.25, -0.2) is 9.97 Å². The zero-order chi connectivity index (χ0) is 24.2. The fraction of sp³-hybridized carbons (Fsp3) is 0.565. The lowest BCUT2D eigenvalue weighted by molar-refractivity contribution is -0.139. The van der Waals surface area contributed by atoms with Gasteiger partial charge in [-0.3, -0.25) is 0 Å². The van der Waals surface area contributed by atoms with Crippen molar-refractivity contribution in [3.8, 4) is 17.1 Å².